The van der Waals surface area contributed by atoms with Crippen molar-refractivity contribution in [2.45, 2.75) is 39.5 Å². The van der Waals surface area contributed by atoms with Crippen molar-refractivity contribution in [2.75, 3.05) is 18.4 Å². The van der Waals surface area contributed by atoms with Gasteiger partial charge in [0.05, 0.1) is 21.4 Å². The number of hydrogen-bond donors (Lipinski definition) is 1. The van der Waals surface area contributed by atoms with Crippen molar-refractivity contribution in [3.05, 3.63) is 75.7 Å². The van der Waals surface area contributed by atoms with E-state index in [0.29, 0.717) is 34.5 Å². The third-order valence-corrected chi connectivity index (χ3v) is 5.82. The Bertz CT molecular complexity index is 1200. The Kier molecular flexibility index (Phi) is 8.00. The SMILES string of the molecule is CCCN(CC(=O)Nc1cc(C(C)(C)C)nn1-c1ccc(Cl)c(Cl)c1)C(=O)c1cccc(F)c1. The highest BCUT2D eigenvalue weighted by atomic mass is 35.5. The van der Waals surface area contributed by atoms with E-state index in [2.05, 4.69) is 10.4 Å². The zero-order valence-electron chi connectivity index (χ0n) is 19.5. The normalized spacial score (nSPS) is 11.4. The lowest BCUT2D eigenvalue weighted by molar-refractivity contribution is -0.116. The van der Waals surface area contributed by atoms with Gasteiger partial charge in [-0.3, -0.25) is 9.59 Å². The second-order valence-electron chi connectivity index (χ2n) is 8.96. The fraction of sp³-hybridized carbons (Fsp3) is 0.320. The molecule has 3 aromatic rings. The number of carbonyl (C=O) groups is 2. The first-order valence-electron chi connectivity index (χ1n) is 10.9. The quantitative estimate of drug-likeness (QED) is 0.422. The maximum absolute atomic E-state index is 13.6. The highest BCUT2D eigenvalue weighted by Crippen LogP contribution is 2.29. The first-order chi connectivity index (χ1) is 16.0. The standard InChI is InChI=1S/C25H27Cl2FN4O2/c1-5-11-31(24(34)16-7-6-8-17(28)12-16)15-23(33)29-22-14-21(25(2,3)4)30-32(22)18-9-10-19(26)20(27)13-18/h6-10,12-14H,5,11,15H2,1-4H3,(H,29,33). The first-order valence-corrected chi connectivity index (χ1v) is 11.7. The predicted octanol–water partition coefficient (Wildman–Crippen LogP) is 6.11. The molecule has 0 spiro atoms. The summed E-state index contributed by atoms with van der Waals surface area (Å²) < 4.78 is 15.2. The molecule has 2 amide bonds. The van der Waals surface area contributed by atoms with Crippen LogP contribution in [0.2, 0.25) is 10.0 Å². The monoisotopic (exact) mass is 504 g/mol. The highest BCUT2D eigenvalue weighted by Gasteiger charge is 2.23. The van der Waals surface area contributed by atoms with Crippen molar-refractivity contribution in [1.82, 2.24) is 14.7 Å². The molecule has 0 atom stereocenters. The van der Waals surface area contributed by atoms with Crippen molar-refractivity contribution in [2.24, 2.45) is 0 Å². The molecule has 1 heterocycles. The number of benzene rings is 2. The van der Waals surface area contributed by atoms with Gasteiger partial charge in [-0.2, -0.15) is 5.10 Å². The summed E-state index contributed by atoms with van der Waals surface area (Å²) in [5.74, 6) is -0.889. The zero-order chi connectivity index (χ0) is 25.0. The number of nitrogens with zero attached hydrogens (tertiary/aromatic N) is 3. The summed E-state index contributed by atoms with van der Waals surface area (Å²) in [6, 6.07) is 12.3. The first kappa shape index (κ1) is 25.7. The Hall–Kier alpha value is -2.90. The molecule has 180 valence electrons. The van der Waals surface area contributed by atoms with Crippen molar-refractivity contribution in [1.29, 1.82) is 0 Å². The molecule has 0 aliphatic rings. The van der Waals surface area contributed by atoms with E-state index in [9.17, 15) is 14.0 Å². The highest BCUT2D eigenvalue weighted by molar-refractivity contribution is 6.42. The number of hydrogen-bond acceptors (Lipinski definition) is 3. The molecule has 34 heavy (non-hydrogen) atoms. The lowest BCUT2D eigenvalue weighted by atomic mass is 9.92. The van der Waals surface area contributed by atoms with Crippen molar-refractivity contribution < 1.29 is 14.0 Å². The summed E-state index contributed by atoms with van der Waals surface area (Å²) >= 11 is 12.2. The summed E-state index contributed by atoms with van der Waals surface area (Å²) in [5.41, 5.74) is 1.30. The van der Waals surface area contributed by atoms with Gasteiger partial charge < -0.3 is 10.2 Å². The van der Waals surface area contributed by atoms with Crippen LogP contribution in [0.4, 0.5) is 10.2 Å². The van der Waals surface area contributed by atoms with Crippen LogP contribution < -0.4 is 5.32 Å². The third kappa shape index (κ3) is 6.15. The van der Waals surface area contributed by atoms with Crippen LogP contribution in [-0.4, -0.2) is 39.6 Å². The predicted molar refractivity (Wildman–Crippen MR) is 134 cm³/mol. The zero-order valence-corrected chi connectivity index (χ0v) is 21.0. The van der Waals surface area contributed by atoms with Crippen molar-refractivity contribution in [3.63, 3.8) is 0 Å². The van der Waals surface area contributed by atoms with E-state index in [1.165, 1.54) is 23.1 Å². The number of carbonyl (C=O) groups excluding carboxylic acids is 2. The summed E-state index contributed by atoms with van der Waals surface area (Å²) in [6.45, 7) is 8.10. The maximum atomic E-state index is 13.6. The Balaban J connectivity index is 1.88. The smallest absolute Gasteiger partial charge is 0.254 e. The summed E-state index contributed by atoms with van der Waals surface area (Å²) in [7, 11) is 0. The fourth-order valence-electron chi connectivity index (χ4n) is 3.33. The third-order valence-electron chi connectivity index (χ3n) is 5.08. The Morgan fingerprint density at radius 2 is 1.82 bits per heavy atom. The molecular weight excluding hydrogens is 478 g/mol. The van der Waals surface area contributed by atoms with Gasteiger partial charge in [-0.15, -0.1) is 0 Å². The topological polar surface area (TPSA) is 67.2 Å². The van der Waals surface area contributed by atoms with E-state index < -0.39 is 17.6 Å². The molecule has 0 saturated carbocycles. The minimum absolute atomic E-state index is 0.192. The molecular formula is C25H27Cl2FN4O2. The molecule has 3 rings (SSSR count). The second-order valence-corrected chi connectivity index (χ2v) is 9.77. The molecule has 0 bridgehead atoms. The lowest BCUT2D eigenvalue weighted by Gasteiger charge is -2.22. The number of rotatable bonds is 7. The van der Waals surface area contributed by atoms with E-state index in [4.69, 9.17) is 23.2 Å². The van der Waals surface area contributed by atoms with Crippen LogP contribution in [0.1, 0.15) is 50.2 Å². The lowest BCUT2D eigenvalue weighted by Crippen LogP contribution is -2.38. The van der Waals surface area contributed by atoms with Gasteiger partial charge in [0.25, 0.3) is 5.91 Å². The van der Waals surface area contributed by atoms with Crippen LogP contribution in [0.25, 0.3) is 5.69 Å². The van der Waals surface area contributed by atoms with Crippen LogP contribution >= 0.6 is 23.2 Å². The average Bonchev–Trinajstić information content (AvgIpc) is 3.19. The van der Waals surface area contributed by atoms with Gasteiger partial charge in [0.15, 0.2) is 0 Å². The van der Waals surface area contributed by atoms with E-state index in [1.54, 1.807) is 28.9 Å². The van der Waals surface area contributed by atoms with Gasteiger partial charge in [-0.05, 0) is 42.8 Å². The van der Waals surface area contributed by atoms with Crippen LogP contribution in [0.3, 0.4) is 0 Å². The van der Waals surface area contributed by atoms with E-state index in [1.807, 2.05) is 27.7 Å². The maximum Gasteiger partial charge on any atom is 0.254 e. The second kappa shape index (κ2) is 10.6. The number of amides is 2. The molecule has 0 radical (unpaired) electrons. The number of nitrogens with one attached hydrogen (secondary N) is 1. The Morgan fingerprint density at radius 1 is 1.09 bits per heavy atom. The van der Waals surface area contributed by atoms with Gasteiger partial charge in [-0.1, -0.05) is 57.0 Å². The molecule has 1 N–H and O–H groups in total. The number of aromatic nitrogens is 2. The summed E-state index contributed by atoms with van der Waals surface area (Å²) in [6.07, 6.45) is 0.643. The van der Waals surface area contributed by atoms with Crippen LogP contribution in [0.15, 0.2) is 48.5 Å². The summed E-state index contributed by atoms with van der Waals surface area (Å²) in [5, 5.41) is 8.29. The minimum Gasteiger partial charge on any atom is -0.329 e. The number of anilines is 1. The molecule has 0 saturated heterocycles. The summed E-state index contributed by atoms with van der Waals surface area (Å²) in [4.78, 5) is 27.3. The van der Waals surface area contributed by atoms with Crippen LogP contribution in [-0.2, 0) is 10.2 Å². The fourth-order valence-corrected chi connectivity index (χ4v) is 3.62. The van der Waals surface area contributed by atoms with Crippen molar-refractivity contribution >= 4 is 40.8 Å². The largest absolute Gasteiger partial charge is 0.329 e. The van der Waals surface area contributed by atoms with Crippen LogP contribution in [0, 0.1) is 5.82 Å². The molecule has 0 aliphatic heterocycles. The van der Waals surface area contributed by atoms with Gasteiger partial charge in [0, 0.05) is 23.6 Å². The minimum atomic E-state index is -0.507. The van der Waals surface area contributed by atoms with E-state index in [0.717, 1.165) is 11.8 Å². The van der Waals surface area contributed by atoms with Gasteiger partial charge in [0.2, 0.25) is 5.91 Å². The van der Waals surface area contributed by atoms with E-state index in [-0.39, 0.29) is 17.5 Å². The molecule has 2 aromatic carbocycles. The van der Waals surface area contributed by atoms with Gasteiger partial charge in [-0.25, -0.2) is 9.07 Å². The molecule has 6 nitrogen and oxygen atoms in total. The Morgan fingerprint density at radius 3 is 2.44 bits per heavy atom. The number of halogens is 3. The molecule has 1 aromatic heterocycles. The molecule has 0 aliphatic carbocycles. The van der Waals surface area contributed by atoms with Crippen LogP contribution in [0.5, 0.6) is 0 Å². The Labute approximate surface area is 208 Å². The molecule has 9 heteroatoms. The van der Waals surface area contributed by atoms with Gasteiger partial charge >= 0.3 is 0 Å². The molecule has 0 unspecified atom stereocenters. The molecule has 0 fully saturated rings. The van der Waals surface area contributed by atoms with Crippen molar-refractivity contribution in [3.8, 4) is 5.69 Å². The van der Waals surface area contributed by atoms with Gasteiger partial charge in [0.1, 0.15) is 18.2 Å². The van der Waals surface area contributed by atoms with E-state index >= 15 is 0 Å². The average molecular weight is 505 g/mol.